The van der Waals surface area contributed by atoms with Gasteiger partial charge in [-0.15, -0.1) is 0 Å². The Morgan fingerprint density at radius 1 is 1.42 bits per heavy atom. The lowest BCUT2D eigenvalue weighted by molar-refractivity contribution is -0.0374. The van der Waals surface area contributed by atoms with E-state index in [2.05, 4.69) is 0 Å². The van der Waals surface area contributed by atoms with Crippen LogP contribution >= 0.6 is 0 Å². The highest BCUT2D eigenvalue weighted by Gasteiger charge is 2.07. The van der Waals surface area contributed by atoms with Crippen molar-refractivity contribution in [3.8, 4) is 0 Å². The largest absolute Gasteiger partial charge is 0.399 e. The van der Waals surface area contributed by atoms with Crippen LogP contribution in [0.1, 0.15) is 10.4 Å². The number of rotatable bonds is 1. The average Bonchev–Trinajstić information content (AvgIpc) is 2.04. The van der Waals surface area contributed by atoms with Crippen molar-refractivity contribution < 1.29 is 10.0 Å². The Labute approximate surface area is 70.2 Å². The predicted octanol–water partition coefficient (Wildman–Crippen LogP) is 0.730. The second-order valence-corrected chi connectivity index (χ2v) is 2.45. The van der Waals surface area contributed by atoms with Crippen molar-refractivity contribution in [3.63, 3.8) is 0 Å². The van der Waals surface area contributed by atoms with Gasteiger partial charge in [-0.2, -0.15) is 0 Å². The van der Waals surface area contributed by atoms with Crippen LogP contribution in [0.25, 0.3) is 0 Å². The summed E-state index contributed by atoms with van der Waals surface area (Å²) in [5, 5.41) is 9.33. The topological polar surface area (TPSA) is 66.6 Å². The number of amides is 1. The number of benzene rings is 1. The van der Waals surface area contributed by atoms with Crippen LogP contribution in [0.15, 0.2) is 24.3 Å². The van der Waals surface area contributed by atoms with E-state index < -0.39 is 5.91 Å². The summed E-state index contributed by atoms with van der Waals surface area (Å²) in [6.45, 7) is 0. The molecule has 0 aliphatic carbocycles. The van der Waals surface area contributed by atoms with Gasteiger partial charge in [0.05, 0.1) is 0 Å². The van der Waals surface area contributed by atoms with Crippen molar-refractivity contribution in [1.82, 2.24) is 5.06 Å². The van der Waals surface area contributed by atoms with E-state index in [9.17, 15) is 4.79 Å². The second kappa shape index (κ2) is 3.23. The van der Waals surface area contributed by atoms with Crippen LogP contribution in [0.3, 0.4) is 0 Å². The van der Waals surface area contributed by atoms with E-state index in [4.69, 9.17) is 10.9 Å². The van der Waals surface area contributed by atoms with E-state index in [-0.39, 0.29) is 0 Å². The Morgan fingerprint density at radius 3 is 2.33 bits per heavy atom. The molecule has 0 spiro atoms. The van der Waals surface area contributed by atoms with Gasteiger partial charge in [-0.1, -0.05) is 0 Å². The Kier molecular flexibility index (Phi) is 2.30. The molecule has 4 nitrogen and oxygen atoms in total. The summed E-state index contributed by atoms with van der Waals surface area (Å²) in [6.07, 6.45) is 0. The molecule has 0 saturated carbocycles. The zero-order valence-corrected chi connectivity index (χ0v) is 6.69. The number of anilines is 1. The van der Waals surface area contributed by atoms with Crippen LogP contribution in [-0.2, 0) is 0 Å². The molecule has 0 atom stereocenters. The molecule has 0 radical (unpaired) electrons. The fourth-order valence-corrected chi connectivity index (χ4v) is 0.813. The van der Waals surface area contributed by atoms with Crippen LogP contribution in [0.5, 0.6) is 0 Å². The molecule has 64 valence electrons. The maximum absolute atomic E-state index is 11.1. The summed E-state index contributed by atoms with van der Waals surface area (Å²) < 4.78 is 0. The third-order valence-corrected chi connectivity index (χ3v) is 1.45. The first-order valence-electron chi connectivity index (χ1n) is 3.43. The minimum Gasteiger partial charge on any atom is -0.399 e. The normalized spacial score (nSPS) is 9.50. The number of carbonyl (C=O) groups is 1. The maximum Gasteiger partial charge on any atom is 0.276 e. The SMILES string of the molecule is CN(O)C(=O)c1ccc(N)cc1. The van der Waals surface area contributed by atoms with E-state index >= 15 is 0 Å². The molecule has 1 aromatic carbocycles. The van der Waals surface area contributed by atoms with E-state index in [1.165, 1.54) is 7.05 Å². The van der Waals surface area contributed by atoms with Gasteiger partial charge < -0.3 is 5.73 Å². The van der Waals surface area contributed by atoms with E-state index in [1.807, 2.05) is 0 Å². The zero-order valence-electron chi connectivity index (χ0n) is 6.69. The van der Waals surface area contributed by atoms with Gasteiger partial charge in [0.2, 0.25) is 0 Å². The molecule has 0 bridgehead atoms. The van der Waals surface area contributed by atoms with Crippen molar-refractivity contribution in [2.24, 2.45) is 0 Å². The maximum atomic E-state index is 11.1. The first-order chi connectivity index (χ1) is 5.61. The van der Waals surface area contributed by atoms with Crippen molar-refractivity contribution in [1.29, 1.82) is 0 Å². The molecule has 12 heavy (non-hydrogen) atoms. The van der Waals surface area contributed by atoms with Crippen LogP contribution in [0.2, 0.25) is 0 Å². The smallest absolute Gasteiger partial charge is 0.276 e. The summed E-state index contributed by atoms with van der Waals surface area (Å²) in [7, 11) is 1.28. The minimum absolute atomic E-state index is 0.411. The molecule has 4 heteroatoms. The third kappa shape index (κ3) is 1.73. The number of hydrogen-bond acceptors (Lipinski definition) is 3. The Balaban J connectivity index is 2.90. The van der Waals surface area contributed by atoms with Gasteiger partial charge in [0.15, 0.2) is 0 Å². The monoisotopic (exact) mass is 166 g/mol. The number of hydroxylamine groups is 2. The third-order valence-electron chi connectivity index (χ3n) is 1.45. The van der Waals surface area contributed by atoms with Crippen LogP contribution in [0.4, 0.5) is 5.69 Å². The first kappa shape index (κ1) is 8.55. The van der Waals surface area contributed by atoms with Crippen molar-refractivity contribution >= 4 is 11.6 Å². The molecule has 1 aromatic rings. The number of carbonyl (C=O) groups excluding carboxylic acids is 1. The van der Waals surface area contributed by atoms with Gasteiger partial charge in [-0.25, -0.2) is 5.06 Å². The predicted molar refractivity (Wildman–Crippen MR) is 44.7 cm³/mol. The fourth-order valence-electron chi connectivity index (χ4n) is 0.813. The highest BCUT2D eigenvalue weighted by molar-refractivity contribution is 5.93. The number of nitrogen functional groups attached to an aromatic ring is 1. The van der Waals surface area contributed by atoms with E-state index in [0.717, 1.165) is 0 Å². The molecule has 0 aromatic heterocycles. The molecule has 0 aliphatic rings. The summed E-state index contributed by atoms with van der Waals surface area (Å²) in [5.41, 5.74) is 6.42. The van der Waals surface area contributed by atoms with Gasteiger partial charge in [-0.3, -0.25) is 10.0 Å². The first-order valence-corrected chi connectivity index (χ1v) is 3.43. The molecule has 3 N–H and O–H groups in total. The standard InChI is InChI=1S/C8H10N2O2/c1-10(12)8(11)6-2-4-7(9)5-3-6/h2-5,12H,9H2,1H3. The van der Waals surface area contributed by atoms with Gasteiger partial charge in [0.25, 0.3) is 5.91 Å². The molecule has 0 fully saturated rings. The number of hydrogen-bond donors (Lipinski definition) is 2. The van der Waals surface area contributed by atoms with Crippen molar-refractivity contribution in [2.75, 3.05) is 12.8 Å². The van der Waals surface area contributed by atoms with Crippen molar-refractivity contribution in [2.45, 2.75) is 0 Å². The lowest BCUT2D eigenvalue weighted by Crippen LogP contribution is -2.22. The van der Waals surface area contributed by atoms with Gasteiger partial charge in [-0.05, 0) is 24.3 Å². The van der Waals surface area contributed by atoms with Crippen molar-refractivity contribution in [3.05, 3.63) is 29.8 Å². The Bertz CT molecular complexity index is 280. The average molecular weight is 166 g/mol. The van der Waals surface area contributed by atoms with Crippen LogP contribution < -0.4 is 5.73 Å². The van der Waals surface area contributed by atoms with Crippen LogP contribution in [-0.4, -0.2) is 23.2 Å². The molecule has 0 aliphatic heterocycles. The van der Waals surface area contributed by atoms with E-state index in [0.29, 0.717) is 16.3 Å². The molecule has 1 amide bonds. The highest BCUT2D eigenvalue weighted by atomic mass is 16.5. The summed E-state index contributed by atoms with van der Waals surface area (Å²) in [6, 6.07) is 6.34. The Morgan fingerprint density at radius 2 is 1.92 bits per heavy atom. The number of nitrogens with two attached hydrogens (primary N) is 1. The molecular formula is C8H10N2O2. The molecule has 0 saturated heterocycles. The quantitative estimate of drug-likeness (QED) is 0.367. The van der Waals surface area contributed by atoms with Gasteiger partial charge in [0, 0.05) is 18.3 Å². The second-order valence-electron chi connectivity index (χ2n) is 2.45. The van der Waals surface area contributed by atoms with E-state index in [1.54, 1.807) is 24.3 Å². The highest BCUT2D eigenvalue weighted by Crippen LogP contribution is 2.06. The summed E-state index contributed by atoms with van der Waals surface area (Å²) >= 11 is 0. The fraction of sp³-hybridized carbons (Fsp3) is 0.125. The van der Waals surface area contributed by atoms with Gasteiger partial charge >= 0.3 is 0 Å². The molecular weight excluding hydrogens is 156 g/mol. The van der Waals surface area contributed by atoms with Gasteiger partial charge in [0.1, 0.15) is 0 Å². The zero-order chi connectivity index (χ0) is 9.14. The Hall–Kier alpha value is -1.55. The summed E-state index contributed by atoms with van der Waals surface area (Å²) in [5.74, 6) is -0.449. The number of nitrogens with zero attached hydrogens (tertiary/aromatic N) is 1. The lowest BCUT2D eigenvalue weighted by atomic mass is 10.2. The molecule has 0 heterocycles. The molecule has 0 unspecified atom stereocenters. The minimum atomic E-state index is -0.449. The van der Waals surface area contributed by atoms with Crippen LogP contribution in [0, 0.1) is 0 Å². The summed E-state index contributed by atoms with van der Waals surface area (Å²) in [4.78, 5) is 11.1. The molecule has 1 rings (SSSR count). The lowest BCUT2D eigenvalue weighted by Gasteiger charge is -2.07.